The van der Waals surface area contributed by atoms with Crippen molar-refractivity contribution in [3.05, 3.63) is 58.1 Å². The first-order chi connectivity index (χ1) is 14.8. The van der Waals surface area contributed by atoms with Crippen LogP contribution in [0, 0.1) is 10.1 Å². The van der Waals surface area contributed by atoms with Crippen molar-refractivity contribution in [1.29, 1.82) is 0 Å². The summed E-state index contributed by atoms with van der Waals surface area (Å²) < 4.78 is 25.5. The van der Waals surface area contributed by atoms with Gasteiger partial charge < -0.3 is 9.80 Å². The zero-order valence-corrected chi connectivity index (χ0v) is 18.4. The lowest BCUT2D eigenvalue weighted by Crippen LogP contribution is -2.49. The fourth-order valence-electron chi connectivity index (χ4n) is 3.49. The van der Waals surface area contributed by atoms with Crippen LogP contribution >= 0.6 is 11.3 Å². The lowest BCUT2D eigenvalue weighted by molar-refractivity contribution is -0.384. The minimum absolute atomic E-state index is 0.0267. The Bertz CT molecular complexity index is 1260. The van der Waals surface area contributed by atoms with Gasteiger partial charge in [-0.3, -0.25) is 14.9 Å². The van der Waals surface area contributed by atoms with E-state index in [-0.39, 0.29) is 27.8 Å². The molecule has 0 spiro atoms. The fourth-order valence-corrected chi connectivity index (χ4v) is 5.63. The minimum Gasteiger partial charge on any atom is -0.345 e. The maximum Gasteiger partial charge on any atom is 0.270 e. The van der Waals surface area contributed by atoms with Gasteiger partial charge in [-0.1, -0.05) is 30.4 Å². The summed E-state index contributed by atoms with van der Waals surface area (Å²) in [5, 5.41) is 11.7. The second-order valence-corrected chi connectivity index (χ2v) is 10.3. The van der Waals surface area contributed by atoms with Crippen molar-refractivity contribution in [2.24, 2.45) is 0 Å². The number of hydrogen-bond acceptors (Lipinski definition) is 8. The Kier molecular flexibility index (Phi) is 5.63. The lowest BCUT2D eigenvalue weighted by atomic mass is 10.2. The van der Waals surface area contributed by atoms with Gasteiger partial charge in [0, 0.05) is 38.3 Å². The van der Waals surface area contributed by atoms with Gasteiger partial charge in [0.05, 0.1) is 31.4 Å². The standard InChI is InChI=1S/C20H20N4O5S2/c1-2-31(28,29)18-6-4-3-5-15(18)19(25)22-9-11-23(12-10-22)20-21-16-8-7-14(24(26)27)13-17(16)30-20/h3-8,13H,2,9-12H2,1H3. The van der Waals surface area contributed by atoms with Crippen LogP contribution in [0.2, 0.25) is 0 Å². The number of hydrogen-bond donors (Lipinski definition) is 0. The Hall–Kier alpha value is -3.05. The molecule has 1 aromatic heterocycles. The number of non-ortho nitro benzene ring substituents is 1. The number of carbonyl (C=O) groups excluding carboxylic acids is 1. The summed E-state index contributed by atoms with van der Waals surface area (Å²) in [4.78, 5) is 31.9. The summed E-state index contributed by atoms with van der Waals surface area (Å²) in [5.74, 6) is -0.368. The molecule has 0 radical (unpaired) electrons. The first-order valence-electron chi connectivity index (χ1n) is 9.71. The molecule has 2 heterocycles. The van der Waals surface area contributed by atoms with E-state index in [4.69, 9.17) is 0 Å². The Labute approximate surface area is 183 Å². The van der Waals surface area contributed by atoms with E-state index in [1.807, 2.05) is 4.90 Å². The number of nitro groups is 1. The Balaban J connectivity index is 1.50. The highest BCUT2D eigenvalue weighted by molar-refractivity contribution is 7.91. The zero-order valence-electron chi connectivity index (χ0n) is 16.7. The second-order valence-electron chi connectivity index (χ2n) is 7.08. The van der Waals surface area contributed by atoms with Gasteiger partial charge in [0.1, 0.15) is 0 Å². The third kappa shape index (κ3) is 4.10. The number of nitro benzene ring substituents is 1. The van der Waals surface area contributed by atoms with Gasteiger partial charge >= 0.3 is 0 Å². The van der Waals surface area contributed by atoms with Gasteiger partial charge in [-0.15, -0.1) is 0 Å². The number of benzene rings is 2. The number of fused-ring (bicyclic) bond motifs is 1. The molecular weight excluding hydrogens is 440 g/mol. The van der Waals surface area contributed by atoms with Crippen molar-refractivity contribution < 1.29 is 18.1 Å². The van der Waals surface area contributed by atoms with E-state index >= 15 is 0 Å². The highest BCUT2D eigenvalue weighted by Crippen LogP contribution is 2.32. The second kappa shape index (κ2) is 8.23. The maximum absolute atomic E-state index is 13.0. The van der Waals surface area contributed by atoms with E-state index in [2.05, 4.69) is 4.98 Å². The molecule has 1 saturated heterocycles. The van der Waals surface area contributed by atoms with E-state index in [0.29, 0.717) is 31.7 Å². The van der Waals surface area contributed by atoms with Crippen molar-refractivity contribution in [3.8, 4) is 0 Å². The van der Waals surface area contributed by atoms with Crippen LogP contribution in [0.15, 0.2) is 47.4 Å². The van der Waals surface area contributed by atoms with Gasteiger partial charge in [0.25, 0.3) is 11.6 Å². The predicted octanol–water partition coefficient (Wildman–Crippen LogP) is 2.96. The van der Waals surface area contributed by atoms with Crippen LogP contribution in [0.1, 0.15) is 17.3 Å². The number of nitrogens with zero attached hydrogens (tertiary/aromatic N) is 4. The fraction of sp³-hybridized carbons (Fsp3) is 0.300. The molecule has 9 nitrogen and oxygen atoms in total. The lowest BCUT2D eigenvalue weighted by Gasteiger charge is -2.34. The van der Waals surface area contributed by atoms with Crippen LogP contribution in [0.4, 0.5) is 10.8 Å². The molecule has 11 heteroatoms. The molecule has 2 aromatic carbocycles. The number of amides is 1. The monoisotopic (exact) mass is 460 g/mol. The molecule has 1 fully saturated rings. The number of anilines is 1. The van der Waals surface area contributed by atoms with E-state index in [1.54, 1.807) is 36.1 Å². The SMILES string of the molecule is CCS(=O)(=O)c1ccccc1C(=O)N1CCN(c2nc3ccc([N+](=O)[O-])cc3s2)CC1. The molecule has 0 atom stereocenters. The molecule has 0 aliphatic carbocycles. The summed E-state index contributed by atoms with van der Waals surface area (Å²) in [6.07, 6.45) is 0. The largest absolute Gasteiger partial charge is 0.345 e. The van der Waals surface area contributed by atoms with Crippen molar-refractivity contribution in [1.82, 2.24) is 9.88 Å². The normalized spacial score (nSPS) is 14.7. The van der Waals surface area contributed by atoms with Gasteiger partial charge in [0.2, 0.25) is 0 Å². The molecule has 3 aromatic rings. The first kappa shape index (κ1) is 21.2. The van der Waals surface area contributed by atoms with Gasteiger partial charge in [-0.25, -0.2) is 13.4 Å². The third-order valence-corrected chi connectivity index (χ3v) is 8.11. The predicted molar refractivity (Wildman–Crippen MR) is 119 cm³/mol. The number of sulfone groups is 1. The highest BCUT2D eigenvalue weighted by atomic mass is 32.2. The topological polar surface area (TPSA) is 114 Å². The molecule has 0 N–H and O–H groups in total. The molecule has 162 valence electrons. The smallest absolute Gasteiger partial charge is 0.270 e. The molecular formula is C20H20N4O5S2. The van der Waals surface area contributed by atoms with E-state index in [0.717, 1.165) is 9.83 Å². The molecule has 4 rings (SSSR count). The van der Waals surface area contributed by atoms with Crippen molar-refractivity contribution >= 4 is 48.1 Å². The minimum atomic E-state index is -3.50. The van der Waals surface area contributed by atoms with E-state index in [1.165, 1.54) is 29.5 Å². The van der Waals surface area contributed by atoms with Gasteiger partial charge in [-0.05, 0) is 18.2 Å². The first-order valence-corrected chi connectivity index (χ1v) is 12.2. The van der Waals surface area contributed by atoms with E-state index < -0.39 is 14.8 Å². The van der Waals surface area contributed by atoms with E-state index in [9.17, 15) is 23.3 Å². The zero-order chi connectivity index (χ0) is 22.2. The average molecular weight is 461 g/mol. The quantitative estimate of drug-likeness (QED) is 0.425. The maximum atomic E-state index is 13.0. The summed E-state index contributed by atoms with van der Waals surface area (Å²) in [5.41, 5.74) is 0.923. The molecule has 1 aliphatic rings. The molecule has 0 unspecified atom stereocenters. The van der Waals surface area contributed by atoms with Crippen molar-refractivity contribution in [3.63, 3.8) is 0 Å². The number of aromatic nitrogens is 1. The average Bonchev–Trinajstić information content (AvgIpc) is 3.22. The van der Waals surface area contributed by atoms with Crippen molar-refractivity contribution in [2.75, 3.05) is 36.8 Å². The Morgan fingerprint density at radius 2 is 1.87 bits per heavy atom. The number of piperazine rings is 1. The van der Waals surface area contributed by atoms with Gasteiger partial charge in [-0.2, -0.15) is 0 Å². The van der Waals surface area contributed by atoms with Crippen LogP contribution in [0.3, 0.4) is 0 Å². The summed E-state index contributed by atoms with van der Waals surface area (Å²) in [6.45, 7) is 3.49. The van der Waals surface area contributed by atoms with Crippen LogP contribution < -0.4 is 4.90 Å². The molecule has 0 bridgehead atoms. The van der Waals surface area contributed by atoms with Gasteiger partial charge in [0.15, 0.2) is 15.0 Å². The number of thiazole rings is 1. The summed E-state index contributed by atoms with van der Waals surface area (Å²) >= 11 is 1.38. The Morgan fingerprint density at radius 1 is 1.16 bits per heavy atom. The van der Waals surface area contributed by atoms with Crippen molar-refractivity contribution in [2.45, 2.75) is 11.8 Å². The molecule has 31 heavy (non-hydrogen) atoms. The number of rotatable bonds is 5. The van der Waals surface area contributed by atoms with Crippen LogP contribution in [-0.4, -0.2) is 61.1 Å². The molecule has 1 aliphatic heterocycles. The van der Waals surface area contributed by atoms with Crippen LogP contribution in [0.25, 0.3) is 10.2 Å². The third-order valence-electron chi connectivity index (χ3n) is 5.24. The Morgan fingerprint density at radius 3 is 2.55 bits per heavy atom. The highest BCUT2D eigenvalue weighted by Gasteiger charge is 2.28. The molecule has 1 amide bonds. The van der Waals surface area contributed by atoms with Crippen LogP contribution in [-0.2, 0) is 9.84 Å². The molecule has 0 saturated carbocycles. The summed E-state index contributed by atoms with van der Waals surface area (Å²) in [6, 6.07) is 10.9. The number of carbonyl (C=O) groups is 1. The van der Waals surface area contributed by atoms with Crippen LogP contribution in [0.5, 0.6) is 0 Å². The summed E-state index contributed by atoms with van der Waals surface area (Å²) in [7, 11) is -3.50.